The zero-order chi connectivity index (χ0) is 16.2. The lowest BCUT2D eigenvalue weighted by atomic mass is 10.1. The Labute approximate surface area is 137 Å². The molecule has 0 fully saturated rings. The lowest BCUT2D eigenvalue weighted by Crippen LogP contribution is -2.06. The first-order valence-corrected chi connectivity index (χ1v) is 7.91. The van der Waals surface area contributed by atoms with Gasteiger partial charge in [-0.25, -0.2) is 0 Å². The van der Waals surface area contributed by atoms with Gasteiger partial charge in [-0.1, -0.05) is 23.9 Å². The van der Waals surface area contributed by atoms with Crippen molar-refractivity contribution in [2.75, 3.05) is 12.9 Å². The topological polar surface area (TPSA) is 70.2 Å². The molecular weight excluding hydrogens is 314 g/mol. The minimum atomic E-state index is -0.0185. The molecule has 0 amide bonds. The fourth-order valence-corrected chi connectivity index (χ4v) is 2.94. The highest BCUT2D eigenvalue weighted by Crippen LogP contribution is 2.25. The Kier molecular flexibility index (Phi) is 4.47. The predicted octanol–water partition coefficient (Wildman–Crippen LogP) is 3.06. The van der Waals surface area contributed by atoms with Gasteiger partial charge in [0.05, 0.1) is 24.7 Å². The summed E-state index contributed by atoms with van der Waals surface area (Å²) in [6.45, 7) is 0. The number of furan rings is 1. The first-order valence-electron chi connectivity index (χ1n) is 6.93. The van der Waals surface area contributed by atoms with Gasteiger partial charge in [-0.3, -0.25) is 4.79 Å². The number of methoxy groups -OCH3 is 1. The van der Waals surface area contributed by atoms with Crippen LogP contribution < -0.4 is 4.74 Å². The number of benzene rings is 1. The van der Waals surface area contributed by atoms with Crippen LogP contribution in [0.4, 0.5) is 0 Å². The number of nitrogens with zero attached hydrogens (tertiary/aromatic N) is 3. The van der Waals surface area contributed by atoms with E-state index >= 15 is 0 Å². The van der Waals surface area contributed by atoms with Crippen molar-refractivity contribution in [2.45, 2.75) is 5.16 Å². The molecule has 0 aliphatic heterocycles. The number of hydrogen-bond acceptors (Lipinski definition) is 6. The smallest absolute Gasteiger partial charge is 0.200 e. The maximum atomic E-state index is 12.4. The molecule has 2 aromatic heterocycles. The Balaban J connectivity index is 1.73. The maximum Gasteiger partial charge on any atom is 0.200 e. The Morgan fingerprint density at radius 1 is 1.26 bits per heavy atom. The number of ether oxygens (including phenoxy) is 1. The van der Waals surface area contributed by atoms with Crippen molar-refractivity contribution < 1.29 is 13.9 Å². The molecular formula is C16H15N3O3S. The third-order valence-corrected chi connectivity index (χ3v) is 4.34. The normalized spacial score (nSPS) is 10.7. The van der Waals surface area contributed by atoms with Crippen molar-refractivity contribution in [3.63, 3.8) is 0 Å². The summed E-state index contributed by atoms with van der Waals surface area (Å²) in [6, 6.07) is 10.8. The largest absolute Gasteiger partial charge is 0.496 e. The number of ketones is 1. The number of carbonyl (C=O) groups is 1. The molecule has 7 heteroatoms. The molecule has 0 aliphatic carbocycles. The Morgan fingerprint density at radius 2 is 2.09 bits per heavy atom. The van der Waals surface area contributed by atoms with Gasteiger partial charge in [-0.05, 0) is 24.3 Å². The highest BCUT2D eigenvalue weighted by Gasteiger charge is 2.16. The van der Waals surface area contributed by atoms with Crippen LogP contribution in [0.5, 0.6) is 5.75 Å². The van der Waals surface area contributed by atoms with Crippen molar-refractivity contribution in [1.82, 2.24) is 14.8 Å². The van der Waals surface area contributed by atoms with Gasteiger partial charge in [0.1, 0.15) is 5.75 Å². The van der Waals surface area contributed by atoms with Crippen LogP contribution in [-0.2, 0) is 7.05 Å². The molecule has 23 heavy (non-hydrogen) atoms. The average Bonchev–Trinajstić information content (AvgIpc) is 3.22. The standard InChI is InChI=1S/C16H15N3O3S/c1-19-15(14-8-5-9-22-14)17-18-16(19)23-10-12(20)11-6-3-4-7-13(11)21-2/h3-9H,10H2,1-2H3. The lowest BCUT2D eigenvalue weighted by Gasteiger charge is -2.06. The first-order chi connectivity index (χ1) is 11.2. The van der Waals surface area contributed by atoms with Crippen LogP contribution in [-0.4, -0.2) is 33.4 Å². The number of carbonyl (C=O) groups excluding carboxylic acids is 1. The molecule has 0 saturated carbocycles. The molecule has 3 rings (SSSR count). The summed E-state index contributed by atoms with van der Waals surface area (Å²) in [5.41, 5.74) is 0.566. The van der Waals surface area contributed by atoms with E-state index in [1.807, 2.05) is 25.2 Å². The van der Waals surface area contributed by atoms with Crippen molar-refractivity contribution in [1.29, 1.82) is 0 Å². The van der Waals surface area contributed by atoms with E-state index in [1.54, 1.807) is 36.1 Å². The Morgan fingerprint density at radius 3 is 2.83 bits per heavy atom. The number of hydrogen-bond donors (Lipinski definition) is 0. The number of thioether (sulfide) groups is 1. The molecule has 0 N–H and O–H groups in total. The monoisotopic (exact) mass is 329 g/mol. The van der Waals surface area contributed by atoms with Crippen LogP contribution >= 0.6 is 11.8 Å². The van der Waals surface area contributed by atoms with E-state index in [0.29, 0.717) is 28.1 Å². The Hall–Kier alpha value is -2.54. The highest BCUT2D eigenvalue weighted by molar-refractivity contribution is 7.99. The fraction of sp³-hybridized carbons (Fsp3) is 0.188. The molecule has 118 valence electrons. The summed E-state index contributed by atoms with van der Waals surface area (Å²) in [6.07, 6.45) is 1.59. The van der Waals surface area contributed by atoms with Crippen LogP contribution in [0.25, 0.3) is 11.6 Å². The summed E-state index contributed by atoms with van der Waals surface area (Å²) in [5, 5.41) is 8.87. The van der Waals surface area contributed by atoms with Crippen molar-refractivity contribution >= 4 is 17.5 Å². The molecule has 0 spiro atoms. The van der Waals surface area contributed by atoms with Gasteiger partial charge in [0.15, 0.2) is 22.5 Å². The summed E-state index contributed by atoms with van der Waals surface area (Å²) in [4.78, 5) is 12.4. The molecule has 0 radical (unpaired) electrons. The molecule has 0 unspecified atom stereocenters. The highest BCUT2D eigenvalue weighted by atomic mass is 32.2. The molecule has 2 heterocycles. The second-order valence-electron chi connectivity index (χ2n) is 4.75. The van der Waals surface area contributed by atoms with Gasteiger partial charge in [0, 0.05) is 7.05 Å². The third-order valence-electron chi connectivity index (χ3n) is 3.32. The quantitative estimate of drug-likeness (QED) is 0.511. The number of Topliss-reactive ketones (excluding diaryl/α,β-unsaturated/α-hetero) is 1. The second kappa shape index (κ2) is 6.70. The average molecular weight is 329 g/mol. The predicted molar refractivity (Wildman–Crippen MR) is 86.8 cm³/mol. The fourth-order valence-electron chi connectivity index (χ4n) is 2.14. The number of aromatic nitrogens is 3. The van der Waals surface area contributed by atoms with Gasteiger partial charge in [0.25, 0.3) is 0 Å². The number of rotatable bonds is 6. The molecule has 0 atom stereocenters. The summed E-state index contributed by atoms with van der Waals surface area (Å²) < 4.78 is 12.3. The van der Waals surface area contributed by atoms with E-state index in [-0.39, 0.29) is 11.5 Å². The van der Waals surface area contributed by atoms with Crippen molar-refractivity contribution in [3.8, 4) is 17.3 Å². The summed E-state index contributed by atoms with van der Waals surface area (Å²) in [5.74, 6) is 2.08. The molecule has 0 bridgehead atoms. The maximum absolute atomic E-state index is 12.4. The zero-order valence-electron chi connectivity index (χ0n) is 12.7. The molecule has 0 aliphatic rings. The van der Waals surface area contributed by atoms with Crippen molar-refractivity contribution in [2.24, 2.45) is 7.05 Å². The van der Waals surface area contributed by atoms with Crippen LogP contribution in [0, 0.1) is 0 Å². The van der Waals surface area contributed by atoms with E-state index in [1.165, 1.54) is 11.8 Å². The van der Waals surface area contributed by atoms with E-state index in [4.69, 9.17) is 9.15 Å². The second-order valence-corrected chi connectivity index (χ2v) is 5.70. The lowest BCUT2D eigenvalue weighted by molar-refractivity contribution is 0.101. The zero-order valence-corrected chi connectivity index (χ0v) is 13.5. The number of para-hydroxylation sites is 1. The molecule has 6 nitrogen and oxygen atoms in total. The van der Waals surface area contributed by atoms with Crippen LogP contribution in [0.3, 0.4) is 0 Å². The van der Waals surface area contributed by atoms with Gasteiger partial charge in [-0.2, -0.15) is 0 Å². The minimum absolute atomic E-state index is 0.0185. The van der Waals surface area contributed by atoms with Gasteiger partial charge in [-0.15, -0.1) is 10.2 Å². The summed E-state index contributed by atoms with van der Waals surface area (Å²) >= 11 is 1.33. The molecule has 1 aromatic carbocycles. The van der Waals surface area contributed by atoms with Crippen LogP contribution in [0.2, 0.25) is 0 Å². The molecule has 3 aromatic rings. The van der Waals surface area contributed by atoms with E-state index in [0.717, 1.165) is 0 Å². The minimum Gasteiger partial charge on any atom is -0.496 e. The van der Waals surface area contributed by atoms with Gasteiger partial charge >= 0.3 is 0 Å². The van der Waals surface area contributed by atoms with Gasteiger partial charge < -0.3 is 13.7 Å². The van der Waals surface area contributed by atoms with Gasteiger partial charge in [0.2, 0.25) is 0 Å². The van der Waals surface area contributed by atoms with E-state index < -0.39 is 0 Å². The van der Waals surface area contributed by atoms with E-state index in [9.17, 15) is 4.79 Å². The Bertz CT molecular complexity index is 812. The summed E-state index contributed by atoms with van der Waals surface area (Å²) in [7, 11) is 3.39. The van der Waals surface area contributed by atoms with E-state index in [2.05, 4.69) is 10.2 Å². The third kappa shape index (κ3) is 3.14. The van der Waals surface area contributed by atoms with Crippen LogP contribution in [0.15, 0.2) is 52.2 Å². The molecule has 0 saturated heterocycles. The SMILES string of the molecule is COc1ccccc1C(=O)CSc1nnc(-c2ccco2)n1C. The van der Waals surface area contributed by atoms with Crippen molar-refractivity contribution in [3.05, 3.63) is 48.2 Å². The first kappa shape index (κ1) is 15.4. The van der Waals surface area contributed by atoms with Crippen LogP contribution in [0.1, 0.15) is 10.4 Å².